The number of hydrogen-bond acceptors (Lipinski definition) is 4. The quantitative estimate of drug-likeness (QED) is 0.668. The molecule has 0 bridgehead atoms. The van der Waals surface area contributed by atoms with Crippen LogP contribution in [-0.2, 0) is 9.84 Å². The number of sulfone groups is 1. The molecule has 0 spiro atoms. The fourth-order valence-corrected chi connectivity index (χ4v) is 3.46. The summed E-state index contributed by atoms with van der Waals surface area (Å²) in [6, 6.07) is 20.6. The van der Waals surface area contributed by atoms with Gasteiger partial charge in [0.1, 0.15) is 11.5 Å². The van der Waals surface area contributed by atoms with Crippen molar-refractivity contribution in [2.24, 2.45) is 0 Å². The summed E-state index contributed by atoms with van der Waals surface area (Å²) in [4.78, 5) is 0.307. The van der Waals surface area contributed by atoms with Crippen LogP contribution in [0.15, 0.2) is 71.6 Å². The van der Waals surface area contributed by atoms with E-state index in [0.29, 0.717) is 16.4 Å². The number of methoxy groups -OCH3 is 2. The second kappa shape index (κ2) is 7.22. The molecule has 0 aromatic heterocycles. The van der Waals surface area contributed by atoms with Crippen LogP contribution in [0.25, 0.3) is 22.3 Å². The molecule has 0 aliphatic carbocycles. The molecule has 0 heterocycles. The summed E-state index contributed by atoms with van der Waals surface area (Å²) in [7, 11) is 0.0237. The zero-order valence-corrected chi connectivity index (χ0v) is 15.7. The average Bonchev–Trinajstić information content (AvgIpc) is 2.67. The third-order valence-corrected chi connectivity index (χ3v) is 5.31. The number of benzene rings is 3. The van der Waals surface area contributed by atoms with Crippen LogP contribution in [0.2, 0.25) is 0 Å². The van der Waals surface area contributed by atoms with Crippen molar-refractivity contribution in [1.29, 1.82) is 0 Å². The Labute approximate surface area is 153 Å². The van der Waals surface area contributed by atoms with Gasteiger partial charge in [0.05, 0.1) is 19.1 Å². The monoisotopic (exact) mass is 368 g/mol. The smallest absolute Gasteiger partial charge is 0.175 e. The molecule has 0 saturated heterocycles. The largest absolute Gasteiger partial charge is 0.497 e. The summed E-state index contributed by atoms with van der Waals surface area (Å²) in [5.74, 6) is 1.42. The van der Waals surface area contributed by atoms with Gasteiger partial charge in [0.15, 0.2) is 9.84 Å². The van der Waals surface area contributed by atoms with E-state index in [2.05, 4.69) is 0 Å². The number of rotatable bonds is 5. The predicted octanol–water partition coefficient (Wildman–Crippen LogP) is 4.44. The van der Waals surface area contributed by atoms with Crippen LogP contribution >= 0.6 is 0 Å². The Morgan fingerprint density at radius 2 is 1.19 bits per heavy atom. The molecule has 0 N–H and O–H groups in total. The normalized spacial score (nSPS) is 11.2. The fraction of sp³-hybridized carbons (Fsp3) is 0.143. The molecular formula is C21H20O4S. The lowest BCUT2D eigenvalue weighted by Crippen LogP contribution is -1.96. The van der Waals surface area contributed by atoms with Crippen molar-refractivity contribution in [3.8, 4) is 33.8 Å². The fourth-order valence-electron chi connectivity index (χ4n) is 2.83. The molecule has 134 valence electrons. The van der Waals surface area contributed by atoms with Gasteiger partial charge in [-0.1, -0.05) is 36.4 Å². The standard InChI is InChI=1S/C21H20O4S/c1-24-17-12-16(13-18(14-17)25-2)21-7-5-4-6-20(21)15-8-10-19(11-9-15)26(3,22)23/h4-14H,1-3H3. The molecule has 0 amide bonds. The first-order valence-corrected chi connectivity index (χ1v) is 9.94. The van der Waals surface area contributed by atoms with E-state index in [-0.39, 0.29) is 0 Å². The second-order valence-electron chi connectivity index (χ2n) is 5.94. The zero-order valence-electron chi connectivity index (χ0n) is 14.9. The topological polar surface area (TPSA) is 52.6 Å². The van der Waals surface area contributed by atoms with E-state index in [1.54, 1.807) is 26.4 Å². The highest BCUT2D eigenvalue weighted by Crippen LogP contribution is 2.36. The van der Waals surface area contributed by atoms with Crippen LogP contribution in [0, 0.1) is 0 Å². The summed E-state index contributed by atoms with van der Waals surface area (Å²) in [5.41, 5.74) is 3.92. The lowest BCUT2D eigenvalue weighted by atomic mass is 9.94. The molecule has 0 fully saturated rings. The Balaban J connectivity index is 2.13. The minimum Gasteiger partial charge on any atom is -0.497 e. The average molecular weight is 368 g/mol. The van der Waals surface area contributed by atoms with Gasteiger partial charge < -0.3 is 9.47 Å². The van der Waals surface area contributed by atoms with Crippen LogP contribution in [0.5, 0.6) is 11.5 Å². The summed E-state index contributed by atoms with van der Waals surface area (Å²) in [6.07, 6.45) is 1.21. The molecular weight excluding hydrogens is 348 g/mol. The van der Waals surface area contributed by atoms with E-state index in [0.717, 1.165) is 22.3 Å². The van der Waals surface area contributed by atoms with E-state index >= 15 is 0 Å². The minimum absolute atomic E-state index is 0.307. The highest BCUT2D eigenvalue weighted by molar-refractivity contribution is 7.90. The molecule has 0 unspecified atom stereocenters. The Morgan fingerprint density at radius 3 is 1.65 bits per heavy atom. The van der Waals surface area contributed by atoms with Crippen molar-refractivity contribution in [2.45, 2.75) is 4.90 Å². The van der Waals surface area contributed by atoms with E-state index in [1.165, 1.54) is 6.26 Å². The van der Waals surface area contributed by atoms with Gasteiger partial charge in [-0.25, -0.2) is 8.42 Å². The maximum atomic E-state index is 11.7. The second-order valence-corrected chi connectivity index (χ2v) is 7.96. The van der Waals surface area contributed by atoms with Crippen molar-refractivity contribution < 1.29 is 17.9 Å². The first kappa shape index (κ1) is 18.0. The van der Waals surface area contributed by atoms with Crippen LogP contribution in [0.3, 0.4) is 0 Å². The zero-order chi connectivity index (χ0) is 18.7. The lowest BCUT2D eigenvalue weighted by Gasteiger charge is -2.13. The molecule has 0 aliphatic heterocycles. The van der Waals surface area contributed by atoms with Crippen molar-refractivity contribution >= 4 is 9.84 Å². The van der Waals surface area contributed by atoms with Crippen molar-refractivity contribution in [3.63, 3.8) is 0 Å². The Hall–Kier alpha value is -2.79. The highest BCUT2D eigenvalue weighted by Gasteiger charge is 2.12. The van der Waals surface area contributed by atoms with Gasteiger partial charge in [-0.2, -0.15) is 0 Å². The molecule has 0 radical (unpaired) electrons. The van der Waals surface area contributed by atoms with Crippen molar-refractivity contribution in [2.75, 3.05) is 20.5 Å². The van der Waals surface area contributed by atoms with Gasteiger partial charge in [0, 0.05) is 12.3 Å². The van der Waals surface area contributed by atoms with Gasteiger partial charge in [-0.15, -0.1) is 0 Å². The summed E-state index contributed by atoms with van der Waals surface area (Å²) >= 11 is 0. The SMILES string of the molecule is COc1cc(OC)cc(-c2ccccc2-c2ccc(S(C)(=O)=O)cc2)c1. The van der Waals surface area contributed by atoms with Crippen LogP contribution in [0.1, 0.15) is 0 Å². The van der Waals surface area contributed by atoms with Crippen molar-refractivity contribution in [1.82, 2.24) is 0 Å². The van der Waals surface area contributed by atoms with Gasteiger partial charge in [-0.05, 0) is 46.5 Å². The number of ether oxygens (including phenoxy) is 2. The molecule has 0 saturated carbocycles. The molecule has 26 heavy (non-hydrogen) atoms. The maximum Gasteiger partial charge on any atom is 0.175 e. The van der Waals surface area contributed by atoms with Gasteiger partial charge >= 0.3 is 0 Å². The summed E-state index contributed by atoms with van der Waals surface area (Å²) in [6.45, 7) is 0. The Morgan fingerprint density at radius 1 is 0.692 bits per heavy atom. The van der Waals surface area contributed by atoms with Gasteiger partial charge in [0.2, 0.25) is 0 Å². The predicted molar refractivity (Wildman–Crippen MR) is 104 cm³/mol. The summed E-state index contributed by atoms with van der Waals surface area (Å²) < 4.78 is 34.1. The van der Waals surface area contributed by atoms with Crippen molar-refractivity contribution in [3.05, 3.63) is 66.7 Å². The third kappa shape index (κ3) is 3.73. The van der Waals surface area contributed by atoms with Crippen LogP contribution in [0.4, 0.5) is 0 Å². The summed E-state index contributed by atoms with van der Waals surface area (Å²) in [5, 5.41) is 0. The van der Waals surface area contributed by atoms with Gasteiger partial charge in [0.25, 0.3) is 0 Å². The molecule has 0 aliphatic rings. The minimum atomic E-state index is -3.22. The third-order valence-electron chi connectivity index (χ3n) is 4.18. The van der Waals surface area contributed by atoms with E-state index in [9.17, 15) is 8.42 Å². The van der Waals surface area contributed by atoms with E-state index in [4.69, 9.17) is 9.47 Å². The van der Waals surface area contributed by atoms with Crippen LogP contribution in [-0.4, -0.2) is 28.9 Å². The molecule has 4 nitrogen and oxygen atoms in total. The Kier molecular flexibility index (Phi) is 5.00. The Bertz CT molecular complexity index is 1000. The van der Waals surface area contributed by atoms with E-state index < -0.39 is 9.84 Å². The van der Waals surface area contributed by atoms with Crippen LogP contribution < -0.4 is 9.47 Å². The first-order chi connectivity index (χ1) is 12.4. The first-order valence-electron chi connectivity index (χ1n) is 8.05. The molecule has 3 aromatic carbocycles. The molecule has 3 aromatic rings. The number of hydrogen-bond donors (Lipinski definition) is 0. The maximum absolute atomic E-state index is 11.7. The molecule has 3 rings (SSSR count). The highest BCUT2D eigenvalue weighted by atomic mass is 32.2. The van der Waals surface area contributed by atoms with Gasteiger partial charge in [-0.3, -0.25) is 0 Å². The molecule has 5 heteroatoms. The molecule has 0 atom stereocenters. The van der Waals surface area contributed by atoms with E-state index in [1.807, 2.05) is 54.6 Å². The lowest BCUT2D eigenvalue weighted by molar-refractivity contribution is 0.394.